The van der Waals surface area contributed by atoms with E-state index in [2.05, 4.69) is 25.3 Å². The van der Waals surface area contributed by atoms with Crippen LogP contribution < -0.4 is 0 Å². The fourth-order valence-electron chi connectivity index (χ4n) is 1.09. The van der Waals surface area contributed by atoms with Gasteiger partial charge in [0.2, 0.25) is 0 Å². The molecule has 0 saturated heterocycles. The number of rotatable bonds is 7. The molecular weight excluding hydrogens is 170 g/mol. The highest BCUT2D eigenvalue weighted by atomic mass is 35.5. The number of hydrogen-bond acceptors (Lipinski definition) is 1. The summed E-state index contributed by atoms with van der Waals surface area (Å²) in [6.45, 7) is 11.5. The van der Waals surface area contributed by atoms with E-state index in [0.717, 1.165) is 18.7 Å². The van der Waals surface area contributed by atoms with Crippen LogP contribution in [-0.4, -0.2) is 30.4 Å². The van der Waals surface area contributed by atoms with Crippen molar-refractivity contribution in [1.29, 1.82) is 0 Å². The monoisotopic (exact) mass is 189 g/mol. The first-order valence-corrected chi connectivity index (χ1v) is 5.23. The van der Waals surface area contributed by atoms with Gasteiger partial charge in [-0.2, -0.15) is 0 Å². The molecule has 0 aliphatic carbocycles. The van der Waals surface area contributed by atoms with Crippen LogP contribution in [0.3, 0.4) is 0 Å². The van der Waals surface area contributed by atoms with Crippen molar-refractivity contribution in [3.8, 4) is 0 Å². The third-order valence-electron chi connectivity index (χ3n) is 1.91. The second kappa shape index (κ2) is 7.63. The number of hydrogen-bond donors (Lipinski definition) is 0. The summed E-state index contributed by atoms with van der Waals surface area (Å²) >= 11 is 5.66. The molecule has 0 spiro atoms. The Labute approximate surface area is 81.4 Å². The van der Waals surface area contributed by atoms with Gasteiger partial charge >= 0.3 is 0 Å². The second-order valence-electron chi connectivity index (χ2n) is 3.11. The first kappa shape index (κ1) is 12.0. The summed E-state index contributed by atoms with van der Waals surface area (Å²) in [4.78, 5) is 2.38. The Morgan fingerprint density at radius 1 is 1.42 bits per heavy atom. The van der Waals surface area contributed by atoms with E-state index in [1.807, 2.05) is 0 Å². The minimum absolute atomic E-state index is 0.586. The Kier molecular flexibility index (Phi) is 7.62. The van der Waals surface area contributed by atoms with Gasteiger partial charge in [0, 0.05) is 12.4 Å². The van der Waals surface area contributed by atoms with Gasteiger partial charge in [0.05, 0.1) is 0 Å². The smallest absolute Gasteiger partial charge is 0.0443 e. The van der Waals surface area contributed by atoms with Crippen LogP contribution in [0.2, 0.25) is 0 Å². The van der Waals surface area contributed by atoms with Crippen LogP contribution >= 0.6 is 11.6 Å². The predicted octanol–water partition coefficient (Wildman–Crippen LogP) is 2.90. The molecule has 0 unspecified atom stereocenters. The van der Waals surface area contributed by atoms with E-state index < -0.39 is 0 Å². The van der Waals surface area contributed by atoms with Crippen molar-refractivity contribution in [2.75, 3.05) is 25.5 Å². The maximum atomic E-state index is 5.66. The summed E-state index contributed by atoms with van der Waals surface area (Å²) in [5.41, 5.74) is 1.12. The topological polar surface area (TPSA) is 3.24 Å². The average molecular weight is 190 g/mol. The second-order valence-corrected chi connectivity index (χ2v) is 3.37. The fraction of sp³-hybridized carbons (Fsp3) is 0.800. The molecule has 12 heavy (non-hydrogen) atoms. The van der Waals surface area contributed by atoms with E-state index in [9.17, 15) is 0 Å². The summed E-state index contributed by atoms with van der Waals surface area (Å²) in [6, 6.07) is 0. The van der Waals surface area contributed by atoms with Crippen molar-refractivity contribution in [2.45, 2.75) is 26.7 Å². The number of unbranched alkanes of at least 4 members (excludes halogenated alkanes) is 1. The van der Waals surface area contributed by atoms with Crippen molar-refractivity contribution in [3.63, 3.8) is 0 Å². The van der Waals surface area contributed by atoms with Gasteiger partial charge in [-0.1, -0.05) is 26.8 Å². The standard InChI is InChI=1S/C10H20ClN/c1-4-6-7-12(5-2)9-10(3)8-11/h3-9H2,1-2H3. The van der Waals surface area contributed by atoms with Gasteiger partial charge in [-0.25, -0.2) is 0 Å². The third-order valence-corrected chi connectivity index (χ3v) is 2.29. The van der Waals surface area contributed by atoms with Gasteiger partial charge < -0.3 is 0 Å². The van der Waals surface area contributed by atoms with Crippen molar-refractivity contribution >= 4 is 11.6 Å². The van der Waals surface area contributed by atoms with E-state index in [4.69, 9.17) is 11.6 Å². The lowest BCUT2D eigenvalue weighted by molar-refractivity contribution is 0.307. The molecule has 2 heteroatoms. The first-order chi connectivity index (χ1) is 5.74. The van der Waals surface area contributed by atoms with Gasteiger partial charge in [-0.3, -0.25) is 4.90 Å². The van der Waals surface area contributed by atoms with Crippen LogP contribution in [-0.2, 0) is 0 Å². The predicted molar refractivity (Wildman–Crippen MR) is 56.9 cm³/mol. The van der Waals surface area contributed by atoms with Crippen LogP contribution in [0, 0.1) is 0 Å². The third kappa shape index (κ3) is 5.62. The molecule has 0 rings (SSSR count). The molecule has 0 atom stereocenters. The summed E-state index contributed by atoms with van der Waals surface area (Å²) in [5.74, 6) is 0.586. The van der Waals surface area contributed by atoms with E-state index >= 15 is 0 Å². The van der Waals surface area contributed by atoms with Crippen LogP contribution in [0.15, 0.2) is 12.2 Å². The van der Waals surface area contributed by atoms with Gasteiger partial charge in [0.25, 0.3) is 0 Å². The molecule has 1 nitrogen and oxygen atoms in total. The zero-order valence-corrected chi connectivity index (χ0v) is 9.03. The lowest BCUT2D eigenvalue weighted by Gasteiger charge is -2.20. The van der Waals surface area contributed by atoms with Crippen molar-refractivity contribution in [3.05, 3.63) is 12.2 Å². The Morgan fingerprint density at radius 2 is 2.08 bits per heavy atom. The van der Waals surface area contributed by atoms with Crippen molar-refractivity contribution in [2.24, 2.45) is 0 Å². The van der Waals surface area contributed by atoms with Gasteiger partial charge in [-0.15, -0.1) is 11.6 Å². The van der Waals surface area contributed by atoms with E-state index in [-0.39, 0.29) is 0 Å². The Balaban J connectivity index is 3.59. The average Bonchev–Trinajstić information content (AvgIpc) is 2.11. The minimum atomic E-state index is 0.586. The molecule has 0 aromatic heterocycles. The number of alkyl halides is 1. The molecule has 0 amide bonds. The summed E-state index contributed by atoms with van der Waals surface area (Å²) in [5, 5.41) is 0. The van der Waals surface area contributed by atoms with Crippen molar-refractivity contribution < 1.29 is 0 Å². The van der Waals surface area contributed by atoms with Crippen LogP contribution in [0.1, 0.15) is 26.7 Å². The molecule has 0 heterocycles. The molecule has 0 saturated carbocycles. The number of likely N-dealkylation sites (N-methyl/N-ethyl adjacent to an activating group) is 1. The highest BCUT2D eigenvalue weighted by molar-refractivity contribution is 6.19. The number of halogens is 1. The zero-order chi connectivity index (χ0) is 9.40. The number of nitrogens with zero attached hydrogens (tertiary/aromatic N) is 1. The Hall–Kier alpha value is -0.0100. The molecule has 0 aromatic rings. The fourth-order valence-corrected chi connectivity index (χ4v) is 1.17. The quantitative estimate of drug-likeness (QED) is 0.440. The Morgan fingerprint density at radius 3 is 2.50 bits per heavy atom. The van der Waals surface area contributed by atoms with Crippen molar-refractivity contribution in [1.82, 2.24) is 4.90 Å². The molecule has 72 valence electrons. The van der Waals surface area contributed by atoms with Crippen LogP contribution in [0.25, 0.3) is 0 Å². The van der Waals surface area contributed by atoms with E-state index in [1.165, 1.54) is 19.4 Å². The zero-order valence-electron chi connectivity index (χ0n) is 8.27. The lowest BCUT2D eigenvalue weighted by Crippen LogP contribution is -2.26. The highest BCUT2D eigenvalue weighted by Crippen LogP contribution is 2.01. The summed E-state index contributed by atoms with van der Waals surface area (Å²) in [6.07, 6.45) is 2.52. The SMILES string of the molecule is C=C(CCl)CN(CC)CCCC. The van der Waals surface area contributed by atoms with Gasteiger partial charge in [-0.05, 0) is 25.1 Å². The molecule has 0 fully saturated rings. The summed E-state index contributed by atoms with van der Waals surface area (Å²) in [7, 11) is 0. The van der Waals surface area contributed by atoms with E-state index in [0.29, 0.717) is 5.88 Å². The molecule has 0 aliphatic heterocycles. The molecule has 0 N–H and O–H groups in total. The lowest BCUT2D eigenvalue weighted by atomic mass is 10.2. The Bertz CT molecular complexity index is 123. The summed E-state index contributed by atoms with van der Waals surface area (Å²) < 4.78 is 0. The molecule has 0 radical (unpaired) electrons. The largest absolute Gasteiger partial charge is 0.300 e. The van der Waals surface area contributed by atoms with Gasteiger partial charge in [0.15, 0.2) is 0 Å². The maximum absolute atomic E-state index is 5.66. The van der Waals surface area contributed by atoms with E-state index in [1.54, 1.807) is 0 Å². The van der Waals surface area contributed by atoms with Gasteiger partial charge in [0.1, 0.15) is 0 Å². The highest BCUT2D eigenvalue weighted by Gasteiger charge is 2.02. The normalized spacial score (nSPS) is 10.7. The molecular formula is C10H20ClN. The molecule has 0 aromatic carbocycles. The van der Waals surface area contributed by atoms with Crippen LogP contribution in [0.4, 0.5) is 0 Å². The molecule has 0 bridgehead atoms. The maximum Gasteiger partial charge on any atom is 0.0443 e. The first-order valence-electron chi connectivity index (χ1n) is 4.69. The molecule has 0 aliphatic rings. The van der Waals surface area contributed by atoms with Crippen LogP contribution in [0.5, 0.6) is 0 Å². The minimum Gasteiger partial charge on any atom is -0.300 e.